The standard InChI is InChI=1S/C23H25F3N6O4S/c1-3-32(4-2)7-8-36-31-18(13-5-6-15-16(9-13)35-12-34-15)19-14-10-17(20(33)28-11-23(24,25)26)37-21(14)30-22(27)29-19/h5-6,9-10H,3-4,7-8,11-12H2,1-2H3,(H,28,33)(H2,27,29,30)/b31-18-. The fraction of sp³-hybridized carbons (Fsp3) is 0.391. The first-order chi connectivity index (χ1) is 17.7. The van der Waals surface area contributed by atoms with Crippen molar-refractivity contribution in [3.63, 3.8) is 0 Å². The topological polar surface area (TPSA) is 124 Å². The summed E-state index contributed by atoms with van der Waals surface area (Å²) in [4.78, 5) is 29.0. The first-order valence-corrected chi connectivity index (χ1v) is 12.2. The molecule has 0 bridgehead atoms. The molecule has 0 saturated carbocycles. The van der Waals surface area contributed by atoms with Crippen molar-refractivity contribution in [2.24, 2.45) is 5.16 Å². The Morgan fingerprint density at radius 2 is 1.97 bits per heavy atom. The number of anilines is 1. The van der Waals surface area contributed by atoms with Crippen LogP contribution in [-0.4, -0.2) is 72.2 Å². The van der Waals surface area contributed by atoms with Gasteiger partial charge in [0.2, 0.25) is 12.7 Å². The third kappa shape index (κ3) is 6.38. The molecule has 2 aromatic heterocycles. The number of oxime groups is 1. The minimum Gasteiger partial charge on any atom is -0.454 e. The maximum absolute atomic E-state index is 12.6. The molecule has 198 valence electrons. The molecule has 14 heteroatoms. The lowest BCUT2D eigenvalue weighted by Gasteiger charge is -2.16. The van der Waals surface area contributed by atoms with Gasteiger partial charge in [-0.3, -0.25) is 4.79 Å². The number of ether oxygens (including phenoxy) is 2. The van der Waals surface area contributed by atoms with Crippen LogP contribution in [0.4, 0.5) is 19.1 Å². The van der Waals surface area contributed by atoms with Gasteiger partial charge in [0, 0.05) is 17.5 Å². The molecule has 0 atom stereocenters. The Kier molecular flexibility index (Phi) is 7.97. The number of nitrogens with zero attached hydrogens (tertiary/aromatic N) is 4. The molecule has 1 aliphatic heterocycles. The van der Waals surface area contributed by atoms with Crippen LogP contribution in [0.2, 0.25) is 0 Å². The van der Waals surface area contributed by atoms with Gasteiger partial charge in [0.05, 0.1) is 4.88 Å². The highest BCUT2D eigenvalue weighted by atomic mass is 32.1. The van der Waals surface area contributed by atoms with Gasteiger partial charge in [-0.05, 0) is 37.4 Å². The van der Waals surface area contributed by atoms with Crippen LogP contribution in [0, 0.1) is 0 Å². The predicted molar refractivity (Wildman–Crippen MR) is 132 cm³/mol. The number of aromatic nitrogens is 2. The number of amides is 1. The molecular formula is C23H25F3N6O4S. The van der Waals surface area contributed by atoms with Gasteiger partial charge in [-0.1, -0.05) is 19.0 Å². The quantitative estimate of drug-likeness (QED) is 0.229. The second kappa shape index (κ2) is 11.2. The average molecular weight is 539 g/mol. The highest BCUT2D eigenvalue weighted by molar-refractivity contribution is 7.20. The summed E-state index contributed by atoms with van der Waals surface area (Å²) < 4.78 is 48.6. The molecule has 3 aromatic rings. The normalized spacial score (nSPS) is 13.4. The van der Waals surface area contributed by atoms with Crippen molar-refractivity contribution >= 4 is 39.1 Å². The van der Waals surface area contributed by atoms with Crippen molar-refractivity contribution < 1.29 is 32.3 Å². The lowest BCUT2D eigenvalue weighted by molar-refractivity contribution is -0.123. The number of likely N-dealkylation sites (N-methyl/N-ethyl adjacent to an activating group) is 1. The summed E-state index contributed by atoms with van der Waals surface area (Å²) in [5, 5.41) is 6.60. The van der Waals surface area contributed by atoms with Crippen molar-refractivity contribution in [1.82, 2.24) is 20.2 Å². The molecule has 3 heterocycles. The number of halogens is 3. The number of alkyl halides is 3. The molecule has 0 radical (unpaired) electrons. The van der Waals surface area contributed by atoms with Gasteiger partial charge in [0.1, 0.15) is 29.4 Å². The van der Waals surface area contributed by atoms with E-state index in [1.807, 2.05) is 19.2 Å². The maximum atomic E-state index is 12.6. The van der Waals surface area contributed by atoms with E-state index in [1.54, 1.807) is 18.2 Å². The molecule has 1 amide bonds. The molecule has 0 fully saturated rings. The van der Waals surface area contributed by atoms with E-state index < -0.39 is 18.6 Å². The number of thiophene rings is 1. The van der Waals surface area contributed by atoms with Gasteiger partial charge in [-0.15, -0.1) is 11.3 Å². The summed E-state index contributed by atoms with van der Waals surface area (Å²) in [6.07, 6.45) is -4.54. The first kappa shape index (κ1) is 26.4. The molecule has 3 N–H and O–H groups in total. The second-order valence-electron chi connectivity index (χ2n) is 7.93. The Hall–Kier alpha value is -3.65. The number of carbonyl (C=O) groups excluding carboxylic acids is 1. The minimum atomic E-state index is -4.54. The molecule has 0 spiro atoms. The maximum Gasteiger partial charge on any atom is 0.405 e. The smallest absolute Gasteiger partial charge is 0.405 e. The summed E-state index contributed by atoms with van der Waals surface area (Å²) in [7, 11) is 0. The van der Waals surface area contributed by atoms with Crippen LogP contribution >= 0.6 is 11.3 Å². The van der Waals surface area contributed by atoms with Crippen LogP contribution in [0.3, 0.4) is 0 Å². The third-order valence-corrected chi connectivity index (χ3v) is 6.53. The summed E-state index contributed by atoms with van der Waals surface area (Å²) in [6, 6.07) is 6.59. The highest BCUT2D eigenvalue weighted by Gasteiger charge is 2.29. The molecule has 1 aromatic carbocycles. The van der Waals surface area contributed by atoms with E-state index in [0.29, 0.717) is 40.4 Å². The highest BCUT2D eigenvalue weighted by Crippen LogP contribution is 2.34. The molecule has 10 nitrogen and oxygen atoms in total. The van der Waals surface area contributed by atoms with Gasteiger partial charge in [0.25, 0.3) is 5.91 Å². The number of nitrogen functional groups attached to an aromatic ring is 1. The third-order valence-electron chi connectivity index (χ3n) is 5.50. The van der Waals surface area contributed by atoms with Crippen molar-refractivity contribution in [2.45, 2.75) is 20.0 Å². The number of nitrogens with two attached hydrogens (primary N) is 1. The van der Waals surface area contributed by atoms with Crippen LogP contribution in [0.25, 0.3) is 10.2 Å². The Bertz CT molecular complexity index is 1310. The fourth-order valence-corrected chi connectivity index (χ4v) is 4.55. The van der Waals surface area contributed by atoms with E-state index in [0.717, 1.165) is 24.4 Å². The fourth-order valence-electron chi connectivity index (χ4n) is 3.59. The number of hydrogen-bond donors (Lipinski definition) is 2. The molecule has 37 heavy (non-hydrogen) atoms. The zero-order chi connectivity index (χ0) is 26.6. The predicted octanol–water partition coefficient (Wildman–Crippen LogP) is 3.41. The zero-order valence-corrected chi connectivity index (χ0v) is 20.9. The van der Waals surface area contributed by atoms with E-state index in [2.05, 4.69) is 20.0 Å². The van der Waals surface area contributed by atoms with Crippen molar-refractivity contribution in [3.8, 4) is 11.5 Å². The second-order valence-corrected chi connectivity index (χ2v) is 8.96. The number of nitrogens with one attached hydrogen (secondary N) is 1. The number of rotatable bonds is 10. The number of carbonyl (C=O) groups is 1. The SMILES string of the molecule is CCN(CC)CCO/N=C(/c1ccc2c(c1)OCO2)c1nc(N)nc2sc(C(=O)NCC(F)(F)F)cc12. The average Bonchev–Trinajstić information content (AvgIpc) is 3.50. The summed E-state index contributed by atoms with van der Waals surface area (Å²) in [5.41, 5.74) is 7.07. The Morgan fingerprint density at radius 1 is 1.22 bits per heavy atom. The lowest BCUT2D eigenvalue weighted by atomic mass is 10.0. The molecular weight excluding hydrogens is 513 g/mol. The number of hydrogen-bond acceptors (Lipinski definition) is 10. The largest absolute Gasteiger partial charge is 0.454 e. The van der Waals surface area contributed by atoms with Crippen molar-refractivity contribution in [1.29, 1.82) is 0 Å². The summed E-state index contributed by atoms with van der Waals surface area (Å²) in [6.45, 7) is 5.38. The Balaban J connectivity index is 1.72. The van der Waals surface area contributed by atoms with Crippen molar-refractivity contribution in [3.05, 3.63) is 40.4 Å². The number of benzene rings is 1. The summed E-state index contributed by atoms with van der Waals surface area (Å²) in [5.74, 6) is 0.0891. The van der Waals surface area contributed by atoms with Crippen LogP contribution in [0.15, 0.2) is 29.4 Å². The molecule has 0 saturated heterocycles. The van der Waals surface area contributed by atoms with E-state index in [4.69, 9.17) is 20.0 Å². The van der Waals surface area contributed by atoms with Gasteiger partial charge >= 0.3 is 6.18 Å². The van der Waals surface area contributed by atoms with Gasteiger partial charge in [0.15, 0.2) is 11.5 Å². The van der Waals surface area contributed by atoms with Crippen LogP contribution in [-0.2, 0) is 4.84 Å². The van der Waals surface area contributed by atoms with Gasteiger partial charge < -0.3 is 30.3 Å². The van der Waals surface area contributed by atoms with Crippen molar-refractivity contribution in [2.75, 3.05) is 45.3 Å². The first-order valence-electron chi connectivity index (χ1n) is 11.4. The molecule has 4 rings (SSSR count). The van der Waals surface area contributed by atoms with Crippen LogP contribution in [0.5, 0.6) is 11.5 Å². The van der Waals surface area contributed by atoms with Gasteiger partial charge in [-0.2, -0.15) is 13.2 Å². The molecule has 0 aliphatic carbocycles. The van der Waals surface area contributed by atoms with E-state index in [-0.39, 0.29) is 29.0 Å². The molecule has 1 aliphatic rings. The van der Waals surface area contributed by atoms with Gasteiger partial charge in [-0.25, -0.2) is 9.97 Å². The van der Waals surface area contributed by atoms with Crippen LogP contribution in [0.1, 0.15) is 34.8 Å². The molecule has 0 unspecified atom stereocenters. The Labute approximate surface area is 214 Å². The monoisotopic (exact) mass is 538 g/mol. The number of fused-ring (bicyclic) bond motifs is 2. The van der Waals surface area contributed by atoms with E-state index in [9.17, 15) is 18.0 Å². The lowest BCUT2D eigenvalue weighted by Crippen LogP contribution is -2.33. The summed E-state index contributed by atoms with van der Waals surface area (Å²) >= 11 is 0.898. The Morgan fingerprint density at radius 3 is 2.70 bits per heavy atom. The zero-order valence-electron chi connectivity index (χ0n) is 20.1. The minimum absolute atomic E-state index is 0.0212. The van der Waals surface area contributed by atoms with Crippen LogP contribution < -0.4 is 20.5 Å². The van der Waals surface area contributed by atoms with E-state index >= 15 is 0 Å². The van der Waals surface area contributed by atoms with E-state index in [1.165, 1.54) is 6.07 Å².